The zero-order chi connectivity index (χ0) is 20.6. The SMILES string of the molecule is F[B-]1(F)OC(c2cc3ccc2CCc2ccc(cc2)CC3)=CC(c2ccccc2)=[O+]1. The van der Waals surface area contributed by atoms with E-state index in [4.69, 9.17) is 9.00 Å². The van der Waals surface area contributed by atoms with Crippen LogP contribution in [0.25, 0.3) is 5.76 Å². The molecule has 2 nitrogen and oxygen atoms in total. The summed E-state index contributed by atoms with van der Waals surface area (Å²) in [5, 5.41) is 0. The summed E-state index contributed by atoms with van der Waals surface area (Å²) in [5.74, 6) is 0.307. The first kappa shape index (κ1) is 18.8. The Balaban J connectivity index is 1.58. The molecule has 5 heteroatoms. The number of rotatable bonds is 2. The highest BCUT2D eigenvalue weighted by Gasteiger charge is 2.53. The molecule has 5 aliphatic rings. The van der Waals surface area contributed by atoms with Gasteiger partial charge in [0.2, 0.25) is 0 Å². The smallest absolute Gasteiger partial charge is 0.569 e. The van der Waals surface area contributed by atoms with Crippen molar-refractivity contribution in [1.82, 2.24) is 0 Å². The monoisotopic (exact) mass is 402 g/mol. The Morgan fingerprint density at radius 1 is 0.733 bits per heavy atom. The predicted molar refractivity (Wildman–Crippen MR) is 116 cm³/mol. The lowest BCUT2D eigenvalue weighted by atomic mass is 9.91. The molecule has 0 fully saturated rings. The van der Waals surface area contributed by atoms with Crippen molar-refractivity contribution in [3.8, 4) is 0 Å². The van der Waals surface area contributed by atoms with Crippen LogP contribution in [-0.4, -0.2) is 12.9 Å². The molecule has 0 radical (unpaired) electrons. The molecular weight excluding hydrogens is 381 g/mol. The van der Waals surface area contributed by atoms with Crippen molar-refractivity contribution in [2.75, 3.05) is 0 Å². The quantitative estimate of drug-likeness (QED) is 0.396. The largest absolute Gasteiger partial charge is 0.995 e. The number of aryl methyl sites for hydroxylation is 4. The molecule has 0 atom stereocenters. The Labute approximate surface area is 174 Å². The average molecular weight is 402 g/mol. The molecule has 4 bridgehead atoms. The molecule has 0 N–H and O–H groups in total. The molecule has 0 saturated carbocycles. The molecule has 3 aromatic carbocycles. The minimum Gasteiger partial charge on any atom is -0.569 e. The van der Waals surface area contributed by atoms with Crippen molar-refractivity contribution < 1.29 is 17.6 Å². The van der Waals surface area contributed by atoms with Crippen LogP contribution in [0.15, 0.2) is 78.9 Å². The van der Waals surface area contributed by atoms with Crippen molar-refractivity contribution in [2.45, 2.75) is 25.7 Å². The lowest BCUT2D eigenvalue weighted by Gasteiger charge is -2.23. The first-order valence-corrected chi connectivity index (χ1v) is 10.3. The summed E-state index contributed by atoms with van der Waals surface area (Å²) in [5.41, 5.74) is 5.94. The number of allylic oxidation sites excluding steroid dienone is 1. The van der Waals surface area contributed by atoms with E-state index in [-0.39, 0.29) is 11.5 Å². The van der Waals surface area contributed by atoms with Crippen LogP contribution in [0.5, 0.6) is 0 Å². The van der Waals surface area contributed by atoms with Crippen molar-refractivity contribution >= 4 is 18.6 Å². The van der Waals surface area contributed by atoms with Gasteiger partial charge in [-0.25, -0.2) is 0 Å². The molecule has 1 heterocycles. The van der Waals surface area contributed by atoms with Crippen LogP contribution < -0.4 is 0 Å². The molecule has 3 aromatic rings. The third-order valence-electron chi connectivity index (χ3n) is 5.70. The van der Waals surface area contributed by atoms with Gasteiger partial charge in [0, 0.05) is 5.56 Å². The van der Waals surface area contributed by atoms with E-state index in [9.17, 15) is 8.63 Å². The molecule has 30 heavy (non-hydrogen) atoms. The average Bonchev–Trinajstić information content (AvgIpc) is 2.75. The van der Waals surface area contributed by atoms with Crippen molar-refractivity contribution in [1.29, 1.82) is 0 Å². The molecule has 150 valence electrons. The maximum absolute atomic E-state index is 14.4. The van der Waals surface area contributed by atoms with Gasteiger partial charge in [-0.1, -0.05) is 54.6 Å². The molecule has 8 rings (SSSR count). The summed E-state index contributed by atoms with van der Waals surface area (Å²) in [6.45, 7) is 0. The Morgan fingerprint density at radius 3 is 2.10 bits per heavy atom. The summed E-state index contributed by atoms with van der Waals surface area (Å²) in [4.78, 5) is 0. The van der Waals surface area contributed by atoms with Gasteiger partial charge in [0.15, 0.2) is 0 Å². The zero-order valence-electron chi connectivity index (χ0n) is 16.5. The van der Waals surface area contributed by atoms with Crippen LogP contribution in [0.3, 0.4) is 0 Å². The molecule has 1 aliphatic heterocycles. The Morgan fingerprint density at radius 2 is 1.37 bits per heavy atom. The normalized spacial score (nSPS) is 17.4. The molecule has 0 amide bonds. The van der Waals surface area contributed by atoms with E-state index >= 15 is 0 Å². The summed E-state index contributed by atoms with van der Waals surface area (Å²) in [6, 6.07) is 23.8. The fourth-order valence-corrected chi connectivity index (χ4v) is 4.07. The van der Waals surface area contributed by atoms with Gasteiger partial charge in [0.25, 0.3) is 5.78 Å². The van der Waals surface area contributed by atoms with Gasteiger partial charge in [0.1, 0.15) is 0 Å². The second kappa shape index (κ2) is 7.56. The van der Waals surface area contributed by atoms with Gasteiger partial charge in [0.05, 0.1) is 17.4 Å². The predicted octanol–water partition coefficient (Wildman–Crippen LogP) is 5.73. The number of hydrogen-bond donors (Lipinski definition) is 0. The van der Waals surface area contributed by atoms with Crippen LogP contribution in [0.2, 0.25) is 0 Å². The van der Waals surface area contributed by atoms with E-state index in [0.29, 0.717) is 5.56 Å². The summed E-state index contributed by atoms with van der Waals surface area (Å²) < 4.78 is 38.8. The molecule has 0 saturated heterocycles. The maximum atomic E-state index is 14.4. The highest BCUT2D eigenvalue weighted by molar-refractivity contribution is 6.52. The minimum atomic E-state index is -4.44. The van der Waals surface area contributed by atoms with Crippen molar-refractivity contribution in [2.24, 2.45) is 0 Å². The third kappa shape index (κ3) is 3.93. The second-order valence-corrected chi connectivity index (χ2v) is 7.82. The lowest BCUT2D eigenvalue weighted by molar-refractivity contribution is -0.183. The van der Waals surface area contributed by atoms with Gasteiger partial charge >= 0.3 is 7.11 Å². The zero-order valence-corrected chi connectivity index (χ0v) is 16.5. The van der Waals surface area contributed by atoms with Gasteiger partial charge in [-0.05, 0) is 66.1 Å². The Bertz CT molecular complexity index is 1140. The van der Waals surface area contributed by atoms with Crippen LogP contribution in [-0.2, 0) is 30.3 Å². The topological polar surface area (TPSA) is 20.5 Å². The van der Waals surface area contributed by atoms with E-state index in [1.54, 1.807) is 30.3 Å². The number of ketones is 1. The summed E-state index contributed by atoms with van der Waals surface area (Å²) in [7, 11) is -4.44. The third-order valence-corrected chi connectivity index (χ3v) is 5.70. The molecule has 4 aliphatic carbocycles. The summed E-state index contributed by atoms with van der Waals surface area (Å²) >= 11 is 0. The molecule has 0 unspecified atom stereocenters. The lowest BCUT2D eigenvalue weighted by Crippen LogP contribution is -2.31. The molecule has 0 aromatic heterocycles. The van der Waals surface area contributed by atoms with Crippen LogP contribution in [0.4, 0.5) is 8.63 Å². The van der Waals surface area contributed by atoms with Gasteiger partial charge in [-0.15, -0.1) is 0 Å². The number of hydrogen-bond acceptors (Lipinski definition) is 1. The van der Waals surface area contributed by atoms with Gasteiger partial charge < -0.3 is 17.6 Å². The van der Waals surface area contributed by atoms with E-state index in [1.165, 1.54) is 11.1 Å². The van der Waals surface area contributed by atoms with Crippen LogP contribution in [0, 0.1) is 0 Å². The Hall–Kier alpha value is -3.21. The van der Waals surface area contributed by atoms with Gasteiger partial charge in [-0.2, -0.15) is 0 Å². The van der Waals surface area contributed by atoms with Crippen LogP contribution >= 0.6 is 0 Å². The van der Waals surface area contributed by atoms with E-state index in [2.05, 4.69) is 30.3 Å². The second-order valence-electron chi connectivity index (χ2n) is 7.82. The summed E-state index contributed by atoms with van der Waals surface area (Å²) in [6.07, 6.45) is 4.93. The van der Waals surface area contributed by atoms with E-state index in [0.717, 1.165) is 42.4 Å². The number of benzene rings is 3. The first-order valence-electron chi connectivity index (χ1n) is 10.3. The fraction of sp³-hybridized carbons (Fsp3) is 0.160. The first-order chi connectivity index (χ1) is 14.6. The maximum Gasteiger partial charge on any atom is 0.995 e. The van der Waals surface area contributed by atoms with Crippen molar-refractivity contribution in [3.63, 3.8) is 0 Å². The Kier molecular flexibility index (Phi) is 4.74. The minimum absolute atomic E-state index is 0.133. The highest BCUT2D eigenvalue weighted by Crippen LogP contribution is 2.32. The standard InChI is InChI=1S/C25H21BF2O2/c27-26(28)29-24(22-4-2-1-3-5-22)17-25(30-26)23-16-20-11-10-18-6-8-19(9-7-18)12-14-21(23)15-13-20/h1-9,13,15-17H,10-12,14H2. The fourth-order valence-electron chi connectivity index (χ4n) is 4.07. The molecular formula is C25H21BF2O2. The van der Waals surface area contributed by atoms with Crippen molar-refractivity contribution in [3.05, 3.63) is 112 Å². The number of carbonyl (C=O) groups excluding carboxylic acids is 1. The highest BCUT2D eigenvalue weighted by atomic mass is 19.3. The van der Waals surface area contributed by atoms with Crippen LogP contribution in [0.1, 0.15) is 37.7 Å². The molecule has 0 spiro atoms. The van der Waals surface area contributed by atoms with Gasteiger partial charge in [-0.3, -0.25) is 0 Å². The number of halogens is 2. The van der Waals surface area contributed by atoms with E-state index < -0.39 is 7.11 Å². The van der Waals surface area contributed by atoms with E-state index in [1.807, 2.05) is 18.2 Å².